The molecule has 0 bridgehead atoms. The van der Waals surface area contributed by atoms with Gasteiger partial charge < -0.3 is 5.32 Å². The van der Waals surface area contributed by atoms with E-state index in [0.717, 1.165) is 17.8 Å². The third-order valence-corrected chi connectivity index (χ3v) is 5.01. The van der Waals surface area contributed by atoms with Crippen molar-refractivity contribution >= 4 is 11.3 Å². The monoisotopic (exact) mass is 252 g/mol. The third-order valence-electron chi connectivity index (χ3n) is 4.21. The largest absolute Gasteiger partial charge is 0.319 e. The molecule has 0 radical (unpaired) electrons. The second-order valence-electron chi connectivity index (χ2n) is 5.30. The summed E-state index contributed by atoms with van der Waals surface area (Å²) in [5.74, 6) is 2.65. The second-order valence-corrected chi connectivity index (χ2v) is 6.27. The van der Waals surface area contributed by atoms with Gasteiger partial charge in [0.05, 0.1) is 5.01 Å². The molecule has 2 nitrogen and oxygen atoms in total. The summed E-state index contributed by atoms with van der Waals surface area (Å²) in [6, 6.07) is 0. The minimum atomic E-state index is 0.840. The zero-order valence-electron chi connectivity index (χ0n) is 11.0. The van der Waals surface area contributed by atoms with Gasteiger partial charge in [-0.1, -0.05) is 19.8 Å². The van der Waals surface area contributed by atoms with Crippen molar-refractivity contribution in [2.45, 2.75) is 39.0 Å². The maximum atomic E-state index is 4.45. The zero-order chi connectivity index (χ0) is 12.1. The molecule has 1 heterocycles. The highest BCUT2D eigenvalue weighted by Gasteiger charge is 2.29. The number of rotatable bonds is 5. The Morgan fingerprint density at radius 1 is 1.41 bits per heavy atom. The molecule has 1 saturated carbocycles. The normalized spacial score (nSPS) is 29.4. The molecule has 96 valence electrons. The molecular formula is C14H24N2S. The molecule has 0 aliphatic heterocycles. The highest BCUT2D eigenvalue weighted by molar-refractivity contribution is 7.09. The molecule has 3 atom stereocenters. The van der Waals surface area contributed by atoms with E-state index in [1.807, 2.05) is 17.5 Å². The van der Waals surface area contributed by atoms with Crippen LogP contribution in [0.15, 0.2) is 11.6 Å². The average Bonchev–Trinajstić information content (AvgIpc) is 2.84. The highest BCUT2D eigenvalue weighted by Crippen LogP contribution is 2.37. The van der Waals surface area contributed by atoms with Crippen molar-refractivity contribution in [3.63, 3.8) is 0 Å². The van der Waals surface area contributed by atoms with Crippen molar-refractivity contribution < 1.29 is 0 Å². The van der Waals surface area contributed by atoms with Crippen molar-refractivity contribution in [2.75, 3.05) is 13.6 Å². The first kappa shape index (κ1) is 13.0. The van der Waals surface area contributed by atoms with E-state index in [1.165, 1.54) is 43.7 Å². The van der Waals surface area contributed by atoms with Crippen LogP contribution in [0.25, 0.3) is 0 Å². The van der Waals surface area contributed by atoms with Crippen LogP contribution in [0.1, 0.15) is 37.6 Å². The van der Waals surface area contributed by atoms with Crippen LogP contribution in [0.3, 0.4) is 0 Å². The summed E-state index contributed by atoms with van der Waals surface area (Å²) in [4.78, 5) is 4.45. The molecule has 0 spiro atoms. The summed E-state index contributed by atoms with van der Waals surface area (Å²) >= 11 is 1.81. The lowest BCUT2D eigenvalue weighted by Gasteiger charge is -2.35. The molecule has 1 aromatic rings. The summed E-state index contributed by atoms with van der Waals surface area (Å²) in [5.41, 5.74) is 0. The predicted octanol–water partition coefficient (Wildman–Crippen LogP) is 3.35. The van der Waals surface area contributed by atoms with E-state index >= 15 is 0 Å². The molecule has 1 N–H and O–H groups in total. The quantitative estimate of drug-likeness (QED) is 0.869. The molecule has 1 aliphatic rings. The fourth-order valence-electron chi connectivity index (χ4n) is 3.15. The van der Waals surface area contributed by atoms with Crippen LogP contribution in [-0.4, -0.2) is 18.6 Å². The highest BCUT2D eigenvalue weighted by atomic mass is 32.1. The topological polar surface area (TPSA) is 24.9 Å². The van der Waals surface area contributed by atoms with E-state index in [2.05, 4.69) is 29.7 Å². The lowest BCUT2D eigenvalue weighted by atomic mass is 9.72. The summed E-state index contributed by atoms with van der Waals surface area (Å²) in [7, 11) is 2.08. The molecule has 3 unspecified atom stereocenters. The second kappa shape index (κ2) is 6.50. The van der Waals surface area contributed by atoms with Crippen LogP contribution in [0.5, 0.6) is 0 Å². The standard InChI is InChI=1S/C14H24N2S/c1-3-11-4-5-12(10-15-2)13(8-11)9-14-16-6-7-17-14/h6-7,11-13,15H,3-5,8-10H2,1-2H3. The Labute approximate surface area is 109 Å². The van der Waals surface area contributed by atoms with Gasteiger partial charge in [0.25, 0.3) is 0 Å². The minimum absolute atomic E-state index is 0.840. The van der Waals surface area contributed by atoms with Gasteiger partial charge in [-0.15, -0.1) is 11.3 Å². The van der Waals surface area contributed by atoms with Crippen molar-refractivity contribution in [2.24, 2.45) is 17.8 Å². The molecule has 17 heavy (non-hydrogen) atoms. The zero-order valence-corrected chi connectivity index (χ0v) is 11.8. The van der Waals surface area contributed by atoms with Gasteiger partial charge in [-0.25, -0.2) is 4.98 Å². The van der Waals surface area contributed by atoms with Gasteiger partial charge in [0, 0.05) is 18.0 Å². The lowest BCUT2D eigenvalue weighted by Crippen LogP contribution is -2.32. The van der Waals surface area contributed by atoms with Crippen molar-refractivity contribution in [1.82, 2.24) is 10.3 Å². The molecular weight excluding hydrogens is 228 g/mol. The molecule has 0 aromatic carbocycles. The van der Waals surface area contributed by atoms with Crippen LogP contribution in [0, 0.1) is 17.8 Å². The van der Waals surface area contributed by atoms with Crippen LogP contribution < -0.4 is 5.32 Å². The fraction of sp³-hybridized carbons (Fsp3) is 0.786. The summed E-state index contributed by atoms with van der Waals surface area (Å²) < 4.78 is 0. The molecule has 3 heteroatoms. The van der Waals surface area contributed by atoms with Gasteiger partial charge in [-0.2, -0.15) is 0 Å². The maximum Gasteiger partial charge on any atom is 0.0927 e. The fourth-order valence-corrected chi connectivity index (χ4v) is 3.86. The van der Waals surface area contributed by atoms with E-state index in [0.29, 0.717) is 0 Å². The van der Waals surface area contributed by atoms with Gasteiger partial charge in [-0.05, 0) is 44.2 Å². The van der Waals surface area contributed by atoms with Crippen LogP contribution in [0.4, 0.5) is 0 Å². The number of hydrogen-bond acceptors (Lipinski definition) is 3. The maximum absolute atomic E-state index is 4.45. The van der Waals surface area contributed by atoms with Crippen LogP contribution in [0.2, 0.25) is 0 Å². The summed E-state index contributed by atoms with van der Waals surface area (Å²) in [5, 5.41) is 6.79. The van der Waals surface area contributed by atoms with Gasteiger partial charge in [0.2, 0.25) is 0 Å². The Morgan fingerprint density at radius 2 is 2.29 bits per heavy atom. The Kier molecular flexibility index (Phi) is 4.99. The molecule has 2 rings (SSSR count). The molecule has 1 aromatic heterocycles. The SMILES string of the molecule is CCC1CCC(CNC)C(Cc2nccs2)C1. The Morgan fingerprint density at radius 3 is 2.94 bits per heavy atom. The van der Waals surface area contributed by atoms with E-state index in [9.17, 15) is 0 Å². The Bertz CT molecular complexity index is 310. The Balaban J connectivity index is 1.97. The first-order chi connectivity index (χ1) is 8.33. The number of hydrogen-bond donors (Lipinski definition) is 1. The number of nitrogens with zero attached hydrogens (tertiary/aromatic N) is 1. The van der Waals surface area contributed by atoms with Crippen LogP contribution >= 0.6 is 11.3 Å². The smallest absolute Gasteiger partial charge is 0.0927 e. The minimum Gasteiger partial charge on any atom is -0.319 e. The van der Waals surface area contributed by atoms with Gasteiger partial charge in [0.1, 0.15) is 0 Å². The van der Waals surface area contributed by atoms with Crippen molar-refractivity contribution in [3.05, 3.63) is 16.6 Å². The number of aromatic nitrogens is 1. The van der Waals surface area contributed by atoms with Gasteiger partial charge >= 0.3 is 0 Å². The van der Waals surface area contributed by atoms with Gasteiger partial charge in [-0.3, -0.25) is 0 Å². The first-order valence-electron chi connectivity index (χ1n) is 6.86. The van der Waals surface area contributed by atoms with Crippen LogP contribution in [-0.2, 0) is 6.42 Å². The predicted molar refractivity (Wildman–Crippen MR) is 74.4 cm³/mol. The third kappa shape index (κ3) is 3.52. The van der Waals surface area contributed by atoms with E-state index < -0.39 is 0 Å². The van der Waals surface area contributed by atoms with E-state index in [4.69, 9.17) is 0 Å². The lowest BCUT2D eigenvalue weighted by molar-refractivity contribution is 0.173. The average molecular weight is 252 g/mol. The number of nitrogens with one attached hydrogen (secondary N) is 1. The molecule has 0 amide bonds. The Hall–Kier alpha value is -0.410. The first-order valence-corrected chi connectivity index (χ1v) is 7.74. The molecule has 1 aliphatic carbocycles. The van der Waals surface area contributed by atoms with E-state index in [-0.39, 0.29) is 0 Å². The van der Waals surface area contributed by atoms with E-state index in [1.54, 1.807) is 0 Å². The van der Waals surface area contributed by atoms with Crippen molar-refractivity contribution in [3.8, 4) is 0 Å². The molecule has 1 fully saturated rings. The molecule has 0 saturated heterocycles. The summed E-state index contributed by atoms with van der Waals surface area (Å²) in [6.07, 6.45) is 8.71. The van der Waals surface area contributed by atoms with Gasteiger partial charge in [0.15, 0.2) is 0 Å². The number of thiazole rings is 1. The summed E-state index contributed by atoms with van der Waals surface area (Å²) in [6.45, 7) is 3.51. The van der Waals surface area contributed by atoms with Crippen molar-refractivity contribution in [1.29, 1.82) is 0 Å².